The van der Waals surface area contributed by atoms with Crippen LogP contribution < -0.4 is 17.2 Å². The number of hydrogen-bond donors (Lipinski definition) is 3. The first-order valence-electron chi connectivity index (χ1n) is 2.02. The third kappa shape index (κ3) is 10.9. The van der Waals surface area contributed by atoms with Gasteiger partial charge in [-0.15, -0.1) is 0 Å². The summed E-state index contributed by atoms with van der Waals surface area (Å²) < 4.78 is 0. The van der Waals surface area contributed by atoms with Gasteiger partial charge in [0.2, 0.25) is 0 Å². The maximum Gasteiger partial charge on any atom is 0.0122 e. The zero-order valence-electron chi connectivity index (χ0n) is 4.65. The molecule has 0 aromatic rings. The molecule has 0 fully saturated rings. The summed E-state index contributed by atoms with van der Waals surface area (Å²) in [6.07, 6.45) is 3.18. The van der Waals surface area contributed by atoms with Gasteiger partial charge in [0.15, 0.2) is 0 Å². The highest BCUT2D eigenvalue weighted by molar-refractivity contribution is 4.70. The van der Waals surface area contributed by atoms with Gasteiger partial charge in [0.05, 0.1) is 0 Å². The van der Waals surface area contributed by atoms with Crippen molar-refractivity contribution in [3.8, 4) is 0 Å². The number of nitrogens with two attached hydrogens (primary N) is 1. The lowest BCUT2D eigenvalue weighted by Crippen LogP contribution is -2.02. The Labute approximate surface area is 44.2 Å². The van der Waals surface area contributed by atoms with Crippen molar-refractivity contribution in [2.24, 2.45) is 5.73 Å². The van der Waals surface area contributed by atoms with Gasteiger partial charge >= 0.3 is 0 Å². The van der Waals surface area contributed by atoms with Crippen molar-refractivity contribution < 1.29 is 0 Å². The zero-order valence-corrected chi connectivity index (χ0v) is 4.65. The van der Waals surface area contributed by atoms with E-state index in [1.807, 2.05) is 6.92 Å². The fourth-order valence-corrected chi connectivity index (χ4v) is 0.186. The Morgan fingerprint density at radius 2 is 2.29 bits per heavy atom. The van der Waals surface area contributed by atoms with Crippen molar-refractivity contribution in [1.82, 2.24) is 11.5 Å². The second-order valence-corrected chi connectivity index (χ2v) is 0.917. The number of rotatable bonds is 2. The Morgan fingerprint density at radius 1 is 1.71 bits per heavy atom. The van der Waals surface area contributed by atoms with Gasteiger partial charge in [0.25, 0.3) is 0 Å². The Bertz CT molecular complexity index is 42.2. The average Bonchev–Trinajstić information content (AvgIpc) is 1.61. The molecule has 0 aliphatic carbocycles. The molecule has 0 amide bonds. The molecule has 0 saturated heterocycles. The molecule has 44 valence electrons. The molecule has 0 radical (unpaired) electrons. The number of nitrogens with one attached hydrogen (secondary N) is 1. The van der Waals surface area contributed by atoms with Gasteiger partial charge in [-0.2, -0.15) is 0 Å². The van der Waals surface area contributed by atoms with Crippen LogP contribution >= 0.6 is 0 Å². The molecule has 0 heterocycles. The molecule has 0 aliphatic rings. The van der Waals surface area contributed by atoms with E-state index >= 15 is 0 Å². The van der Waals surface area contributed by atoms with E-state index in [0.29, 0.717) is 0 Å². The standard InChI is InChI=1S/C4H10N2.H3N/c1-2-6-4-3-5;/h3-4,6H,2,5H2,1H3;1H3/b4-3-;. The van der Waals surface area contributed by atoms with Gasteiger partial charge < -0.3 is 17.2 Å². The quantitative estimate of drug-likeness (QED) is 0.467. The predicted molar refractivity (Wildman–Crippen MR) is 32.0 cm³/mol. The minimum atomic E-state index is 0. The highest BCUT2D eigenvalue weighted by atomic mass is 14.8. The molecule has 0 bridgehead atoms. The van der Waals surface area contributed by atoms with Crippen molar-refractivity contribution in [2.75, 3.05) is 6.54 Å². The summed E-state index contributed by atoms with van der Waals surface area (Å²) in [7, 11) is 0. The minimum absolute atomic E-state index is 0. The first-order valence-corrected chi connectivity index (χ1v) is 2.02. The summed E-state index contributed by atoms with van der Waals surface area (Å²) in [5.41, 5.74) is 4.97. The maximum atomic E-state index is 4.97. The Balaban J connectivity index is 0. The summed E-state index contributed by atoms with van der Waals surface area (Å²) in [4.78, 5) is 0. The lowest BCUT2D eigenvalue weighted by molar-refractivity contribution is 0.916. The van der Waals surface area contributed by atoms with E-state index in [9.17, 15) is 0 Å². The lowest BCUT2D eigenvalue weighted by atomic mass is 10.7. The molecule has 0 aromatic carbocycles. The van der Waals surface area contributed by atoms with Crippen LogP contribution in [0, 0.1) is 0 Å². The summed E-state index contributed by atoms with van der Waals surface area (Å²) in [5.74, 6) is 0. The minimum Gasteiger partial charge on any atom is -0.403 e. The second-order valence-electron chi connectivity index (χ2n) is 0.917. The van der Waals surface area contributed by atoms with Gasteiger partial charge in [-0.1, -0.05) is 0 Å². The van der Waals surface area contributed by atoms with E-state index in [1.165, 1.54) is 6.20 Å². The fourth-order valence-electron chi connectivity index (χ4n) is 0.186. The van der Waals surface area contributed by atoms with E-state index < -0.39 is 0 Å². The summed E-state index contributed by atoms with van der Waals surface area (Å²) in [5, 5.41) is 2.89. The van der Waals surface area contributed by atoms with Gasteiger partial charge in [0, 0.05) is 18.9 Å². The Hall–Kier alpha value is -0.700. The molecule has 0 unspecified atom stereocenters. The molecular weight excluding hydrogens is 90.1 g/mol. The first-order chi connectivity index (χ1) is 2.91. The molecule has 0 atom stereocenters. The molecule has 0 rings (SSSR count). The highest BCUT2D eigenvalue weighted by Crippen LogP contribution is 1.51. The smallest absolute Gasteiger partial charge is 0.0122 e. The average molecular weight is 103 g/mol. The van der Waals surface area contributed by atoms with Crippen LogP contribution in [0.25, 0.3) is 0 Å². The van der Waals surface area contributed by atoms with Crippen LogP contribution in [0.4, 0.5) is 0 Å². The van der Waals surface area contributed by atoms with Crippen LogP contribution in [0.2, 0.25) is 0 Å². The van der Waals surface area contributed by atoms with E-state index in [2.05, 4.69) is 5.32 Å². The molecule has 0 aromatic heterocycles. The third-order valence-electron chi connectivity index (χ3n) is 0.418. The van der Waals surface area contributed by atoms with Gasteiger partial charge in [-0.25, -0.2) is 0 Å². The van der Waals surface area contributed by atoms with Crippen LogP contribution in [0.5, 0.6) is 0 Å². The van der Waals surface area contributed by atoms with Crippen LogP contribution in [0.3, 0.4) is 0 Å². The Morgan fingerprint density at radius 3 is 2.43 bits per heavy atom. The predicted octanol–water partition coefficient (Wildman–Crippen LogP) is 0.188. The van der Waals surface area contributed by atoms with Gasteiger partial charge in [-0.05, 0) is 6.92 Å². The van der Waals surface area contributed by atoms with Crippen molar-refractivity contribution >= 4 is 0 Å². The second kappa shape index (κ2) is 9.00. The molecule has 3 heteroatoms. The van der Waals surface area contributed by atoms with E-state index in [4.69, 9.17) is 5.73 Å². The van der Waals surface area contributed by atoms with E-state index in [1.54, 1.807) is 6.20 Å². The van der Waals surface area contributed by atoms with E-state index in [0.717, 1.165) is 6.54 Å². The first kappa shape index (κ1) is 9.57. The van der Waals surface area contributed by atoms with Crippen molar-refractivity contribution in [2.45, 2.75) is 6.92 Å². The van der Waals surface area contributed by atoms with Crippen molar-refractivity contribution in [1.29, 1.82) is 0 Å². The summed E-state index contributed by atoms with van der Waals surface area (Å²) in [6.45, 7) is 2.95. The van der Waals surface area contributed by atoms with Gasteiger partial charge in [0.1, 0.15) is 0 Å². The SMILES string of the molecule is CCN/C=C\N.N. The summed E-state index contributed by atoms with van der Waals surface area (Å²) >= 11 is 0. The molecule has 3 nitrogen and oxygen atoms in total. The molecule has 0 aliphatic heterocycles. The largest absolute Gasteiger partial charge is 0.403 e. The topological polar surface area (TPSA) is 73.0 Å². The van der Waals surface area contributed by atoms with Crippen LogP contribution in [-0.4, -0.2) is 6.54 Å². The Kier molecular flexibility index (Phi) is 12.3. The van der Waals surface area contributed by atoms with Crippen molar-refractivity contribution in [3.05, 3.63) is 12.4 Å². The maximum absolute atomic E-state index is 4.97. The molecule has 6 N–H and O–H groups in total. The lowest BCUT2D eigenvalue weighted by Gasteiger charge is -1.85. The molecule has 0 saturated carbocycles. The fraction of sp³-hybridized carbons (Fsp3) is 0.500. The monoisotopic (exact) mass is 103 g/mol. The van der Waals surface area contributed by atoms with E-state index in [-0.39, 0.29) is 6.15 Å². The van der Waals surface area contributed by atoms with Gasteiger partial charge in [-0.3, -0.25) is 0 Å². The molecule has 0 spiro atoms. The summed E-state index contributed by atoms with van der Waals surface area (Å²) in [6, 6.07) is 0. The third-order valence-corrected chi connectivity index (χ3v) is 0.418. The van der Waals surface area contributed by atoms with Crippen LogP contribution in [0.15, 0.2) is 12.4 Å². The normalized spacial score (nSPS) is 8.14. The molecule has 7 heavy (non-hydrogen) atoms. The molecular formula is C4H13N3. The van der Waals surface area contributed by atoms with Crippen LogP contribution in [0.1, 0.15) is 6.92 Å². The van der Waals surface area contributed by atoms with Crippen LogP contribution in [-0.2, 0) is 0 Å². The van der Waals surface area contributed by atoms with Crippen molar-refractivity contribution in [3.63, 3.8) is 0 Å². The zero-order chi connectivity index (χ0) is 4.83. The highest BCUT2D eigenvalue weighted by Gasteiger charge is 1.58. The number of hydrogen-bond acceptors (Lipinski definition) is 3.